The predicted octanol–water partition coefficient (Wildman–Crippen LogP) is 0.953. The van der Waals surface area contributed by atoms with E-state index >= 15 is 0 Å². The van der Waals surface area contributed by atoms with Gasteiger partial charge in [-0.15, -0.1) is 0 Å². The van der Waals surface area contributed by atoms with E-state index in [1.807, 2.05) is 0 Å². The maximum absolute atomic E-state index is 11.1. The molecule has 2 saturated heterocycles. The summed E-state index contributed by atoms with van der Waals surface area (Å²) in [6.45, 7) is 9.97. The molecule has 0 radical (unpaired) electrons. The third kappa shape index (κ3) is 5.42. The molecule has 1 aromatic rings. The second-order valence-corrected chi connectivity index (χ2v) is 6.91. The Balaban J connectivity index is 1.48. The molecular weight excluding hydrogens is 354 g/mol. The van der Waals surface area contributed by atoms with Crippen LogP contribution >= 0.6 is 0 Å². The van der Waals surface area contributed by atoms with Gasteiger partial charge >= 0.3 is 11.4 Å². The van der Waals surface area contributed by atoms with Gasteiger partial charge in [0.25, 0.3) is 0 Å². The van der Waals surface area contributed by atoms with Crippen LogP contribution in [0.1, 0.15) is 5.56 Å². The van der Waals surface area contributed by atoms with E-state index in [4.69, 9.17) is 4.74 Å². The van der Waals surface area contributed by atoms with Crippen molar-refractivity contribution in [3.8, 4) is 0 Å². The van der Waals surface area contributed by atoms with Crippen LogP contribution in [0, 0.1) is 20.2 Å². The Kier molecular flexibility index (Phi) is 6.67. The number of nitro benzene ring substituents is 2. The lowest BCUT2D eigenvalue weighted by Crippen LogP contribution is -2.49. The summed E-state index contributed by atoms with van der Waals surface area (Å²) in [7, 11) is 0. The van der Waals surface area contributed by atoms with Crippen LogP contribution in [0.3, 0.4) is 0 Å². The van der Waals surface area contributed by atoms with Crippen LogP contribution in [0.4, 0.5) is 11.4 Å². The minimum absolute atomic E-state index is 0.443. The van der Waals surface area contributed by atoms with E-state index in [1.54, 1.807) is 6.07 Å². The zero-order valence-electron chi connectivity index (χ0n) is 15.3. The third-order valence-electron chi connectivity index (χ3n) is 5.14. The van der Waals surface area contributed by atoms with Crippen LogP contribution in [0.5, 0.6) is 0 Å². The SMILES string of the molecule is O=[N+]([O-])c1ccc(CN2CCN(CCN3CCOCC3)CC2)cc1[N+](=O)[O-]. The lowest BCUT2D eigenvalue weighted by molar-refractivity contribution is -0.422. The molecule has 0 saturated carbocycles. The minimum atomic E-state index is -0.713. The molecule has 0 amide bonds. The Bertz CT molecular complexity index is 672. The van der Waals surface area contributed by atoms with Gasteiger partial charge in [-0.05, 0) is 5.56 Å². The van der Waals surface area contributed by atoms with Gasteiger partial charge in [0.2, 0.25) is 0 Å². The van der Waals surface area contributed by atoms with E-state index in [1.165, 1.54) is 12.1 Å². The fourth-order valence-electron chi connectivity index (χ4n) is 3.50. The topological polar surface area (TPSA) is 105 Å². The molecule has 1 aromatic carbocycles. The summed E-state index contributed by atoms with van der Waals surface area (Å²) in [5.41, 5.74) is -0.174. The Hall–Kier alpha value is -2.14. The number of nitro groups is 2. The Morgan fingerprint density at radius 3 is 1.96 bits per heavy atom. The van der Waals surface area contributed by atoms with Gasteiger partial charge in [0.15, 0.2) is 0 Å². The second-order valence-electron chi connectivity index (χ2n) is 6.91. The number of hydrogen-bond acceptors (Lipinski definition) is 8. The van der Waals surface area contributed by atoms with E-state index in [0.717, 1.165) is 71.1 Å². The first kappa shape index (κ1) is 19.6. The lowest BCUT2D eigenvalue weighted by Gasteiger charge is -2.36. The second kappa shape index (κ2) is 9.18. The highest BCUT2D eigenvalue weighted by molar-refractivity contribution is 5.54. The maximum Gasteiger partial charge on any atom is 0.346 e. The van der Waals surface area contributed by atoms with Crippen LogP contribution in [0.2, 0.25) is 0 Å². The van der Waals surface area contributed by atoms with Crippen molar-refractivity contribution in [2.45, 2.75) is 6.54 Å². The van der Waals surface area contributed by atoms with Crippen LogP contribution in [-0.4, -0.2) is 90.1 Å². The van der Waals surface area contributed by atoms with Crippen molar-refractivity contribution in [1.29, 1.82) is 0 Å². The molecular formula is C17H25N5O5. The van der Waals surface area contributed by atoms with Gasteiger partial charge < -0.3 is 4.74 Å². The van der Waals surface area contributed by atoms with E-state index in [2.05, 4.69) is 14.7 Å². The predicted molar refractivity (Wildman–Crippen MR) is 98.7 cm³/mol. The lowest BCUT2D eigenvalue weighted by atomic mass is 10.1. The summed E-state index contributed by atoms with van der Waals surface area (Å²) < 4.78 is 5.36. The first-order chi connectivity index (χ1) is 13.0. The van der Waals surface area contributed by atoms with E-state index in [-0.39, 0.29) is 0 Å². The van der Waals surface area contributed by atoms with Crippen molar-refractivity contribution in [3.63, 3.8) is 0 Å². The highest BCUT2D eigenvalue weighted by Crippen LogP contribution is 2.28. The van der Waals surface area contributed by atoms with Gasteiger partial charge in [-0.1, -0.05) is 6.07 Å². The number of benzene rings is 1. The van der Waals surface area contributed by atoms with Gasteiger partial charge in [0.1, 0.15) is 0 Å². The maximum atomic E-state index is 11.1. The van der Waals surface area contributed by atoms with Crippen molar-refractivity contribution in [3.05, 3.63) is 44.0 Å². The normalized spacial score (nSPS) is 19.9. The zero-order chi connectivity index (χ0) is 19.2. The molecule has 148 valence electrons. The molecule has 2 heterocycles. The molecule has 0 unspecified atom stereocenters. The molecule has 10 nitrogen and oxygen atoms in total. The molecule has 0 atom stereocenters. The summed E-state index contributed by atoms with van der Waals surface area (Å²) in [6, 6.07) is 4.16. The molecule has 0 N–H and O–H groups in total. The monoisotopic (exact) mass is 379 g/mol. The number of ether oxygens (including phenoxy) is 1. The molecule has 2 fully saturated rings. The fourth-order valence-corrected chi connectivity index (χ4v) is 3.50. The summed E-state index contributed by atoms with van der Waals surface area (Å²) in [4.78, 5) is 27.7. The summed E-state index contributed by atoms with van der Waals surface area (Å²) in [5, 5.41) is 22.0. The van der Waals surface area contributed by atoms with Crippen molar-refractivity contribution in [2.24, 2.45) is 0 Å². The van der Waals surface area contributed by atoms with Crippen LogP contribution in [-0.2, 0) is 11.3 Å². The highest BCUT2D eigenvalue weighted by Gasteiger charge is 2.25. The molecule has 10 heteroatoms. The standard InChI is InChI=1S/C17H25N5O5/c23-21(24)16-2-1-15(13-17(16)22(25)26)14-20-7-5-18(6-8-20)3-4-19-9-11-27-12-10-19/h1-2,13H,3-12,14H2. The molecule has 0 spiro atoms. The number of morpholine rings is 1. The summed E-state index contributed by atoms with van der Waals surface area (Å²) in [5.74, 6) is 0. The minimum Gasteiger partial charge on any atom is -0.379 e. The largest absolute Gasteiger partial charge is 0.379 e. The van der Waals surface area contributed by atoms with Crippen LogP contribution in [0.25, 0.3) is 0 Å². The number of hydrogen-bond donors (Lipinski definition) is 0. The van der Waals surface area contributed by atoms with Gasteiger partial charge in [0, 0.05) is 71.0 Å². The average molecular weight is 379 g/mol. The Labute approximate surface area is 157 Å². The molecule has 0 bridgehead atoms. The quantitative estimate of drug-likeness (QED) is 0.509. The molecule has 27 heavy (non-hydrogen) atoms. The van der Waals surface area contributed by atoms with Crippen molar-refractivity contribution >= 4 is 11.4 Å². The Morgan fingerprint density at radius 1 is 0.815 bits per heavy atom. The summed E-state index contributed by atoms with van der Waals surface area (Å²) in [6.07, 6.45) is 0. The first-order valence-corrected chi connectivity index (χ1v) is 9.19. The van der Waals surface area contributed by atoms with Crippen molar-refractivity contribution < 1.29 is 14.6 Å². The number of piperazine rings is 1. The zero-order valence-corrected chi connectivity index (χ0v) is 15.3. The number of nitrogens with zero attached hydrogens (tertiary/aromatic N) is 5. The Morgan fingerprint density at radius 2 is 1.37 bits per heavy atom. The molecule has 0 aliphatic carbocycles. The average Bonchev–Trinajstić information content (AvgIpc) is 2.68. The highest BCUT2D eigenvalue weighted by atomic mass is 16.6. The molecule has 0 aromatic heterocycles. The van der Waals surface area contributed by atoms with E-state index in [9.17, 15) is 20.2 Å². The van der Waals surface area contributed by atoms with Crippen LogP contribution < -0.4 is 0 Å². The molecule has 3 rings (SSSR count). The number of rotatable bonds is 7. The smallest absolute Gasteiger partial charge is 0.346 e. The fraction of sp³-hybridized carbons (Fsp3) is 0.647. The molecule has 2 aliphatic rings. The first-order valence-electron chi connectivity index (χ1n) is 9.19. The molecule has 2 aliphatic heterocycles. The van der Waals surface area contributed by atoms with Crippen molar-refractivity contribution in [2.75, 3.05) is 65.6 Å². The van der Waals surface area contributed by atoms with Gasteiger partial charge in [-0.3, -0.25) is 34.9 Å². The van der Waals surface area contributed by atoms with Crippen LogP contribution in [0.15, 0.2) is 18.2 Å². The van der Waals surface area contributed by atoms with Crippen molar-refractivity contribution in [1.82, 2.24) is 14.7 Å². The summed E-state index contributed by atoms with van der Waals surface area (Å²) >= 11 is 0. The van der Waals surface area contributed by atoms with Gasteiger partial charge in [-0.2, -0.15) is 0 Å². The van der Waals surface area contributed by atoms with E-state index < -0.39 is 21.2 Å². The van der Waals surface area contributed by atoms with E-state index in [0.29, 0.717) is 6.54 Å². The van der Waals surface area contributed by atoms with Gasteiger partial charge in [-0.25, -0.2) is 0 Å². The third-order valence-corrected chi connectivity index (χ3v) is 5.14. The van der Waals surface area contributed by atoms with Gasteiger partial charge in [0.05, 0.1) is 23.1 Å².